The zero-order valence-electron chi connectivity index (χ0n) is 17.4. The van der Waals surface area contributed by atoms with Crippen molar-refractivity contribution in [1.29, 1.82) is 0 Å². The molecule has 3 aromatic rings. The van der Waals surface area contributed by atoms with E-state index in [-0.39, 0.29) is 5.91 Å². The van der Waals surface area contributed by atoms with E-state index in [2.05, 4.69) is 46.5 Å². The second-order valence-electron chi connectivity index (χ2n) is 7.29. The van der Waals surface area contributed by atoms with Crippen LogP contribution in [0.4, 0.5) is 5.82 Å². The SMILES string of the molecule is CCSc1nc(NCC(C)C)c2cnn(CCNC(=O)c3ccc(C)cc3)c2n1. The maximum absolute atomic E-state index is 12.3. The topological polar surface area (TPSA) is 84.7 Å². The third-order valence-electron chi connectivity index (χ3n) is 4.35. The molecule has 0 aliphatic carbocycles. The van der Waals surface area contributed by atoms with Crippen molar-refractivity contribution in [2.45, 2.75) is 39.4 Å². The van der Waals surface area contributed by atoms with Gasteiger partial charge in [-0.15, -0.1) is 0 Å². The Bertz CT molecular complexity index is 967. The van der Waals surface area contributed by atoms with Crippen molar-refractivity contribution >= 4 is 34.5 Å². The number of hydrogen-bond donors (Lipinski definition) is 2. The zero-order valence-corrected chi connectivity index (χ0v) is 18.2. The fourth-order valence-corrected chi connectivity index (χ4v) is 3.38. The summed E-state index contributed by atoms with van der Waals surface area (Å²) in [6.07, 6.45) is 1.79. The average Bonchev–Trinajstić information content (AvgIpc) is 3.10. The van der Waals surface area contributed by atoms with Crippen LogP contribution in [0.5, 0.6) is 0 Å². The van der Waals surface area contributed by atoms with E-state index in [1.165, 1.54) is 0 Å². The van der Waals surface area contributed by atoms with Crippen molar-refractivity contribution in [2.24, 2.45) is 5.92 Å². The van der Waals surface area contributed by atoms with Crippen molar-refractivity contribution in [1.82, 2.24) is 25.1 Å². The van der Waals surface area contributed by atoms with Gasteiger partial charge in [-0.25, -0.2) is 14.6 Å². The van der Waals surface area contributed by atoms with Gasteiger partial charge < -0.3 is 10.6 Å². The maximum atomic E-state index is 12.3. The van der Waals surface area contributed by atoms with E-state index in [0.717, 1.165) is 39.9 Å². The van der Waals surface area contributed by atoms with Crippen LogP contribution >= 0.6 is 11.8 Å². The highest BCUT2D eigenvalue weighted by Gasteiger charge is 2.14. The number of rotatable bonds is 9. The molecule has 2 heterocycles. The molecule has 1 aromatic carbocycles. The number of fused-ring (bicyclic) bond motifs is 1. The molecule has 0 radical (unpaired) electrons. The number of hydrogen-bond acceptors (Lipinski definition) is 6. The van der Waals surface area contributed by atoms with Crippen LogP contribution in [0, 0.1) is 12.8 Å². The third-order valence-corrected chi connectivity index (χ3v) is 5.08. The summed E-state index contributed by atoms with van der Waals surface area (Å²) in [5.74, 6) is 2.14. The normalized spacial score (nSPS) is 11.2. The van der Waals surface area contributed by atoms with Gasteiger partial charge in [0.15, 0.2) is 10.8 Å². The first kappa shape index (κ1) is 21.1. The molecule has 0 bridgehead atoms. The van der Waals surface area contributed by atoms with Crippen LogP contribution in [0.25, 0.3) is 11.0 Å². The van der Waals surface area contributed by atoms with Gasteiger partial charge in [0.25, 0.3) is 5.91 Å². The highest BCUT2D eigenvalue weighted by atomic mass is 32.2. The molecule has 0 atom stereocenters. The van der Waals surface area contributed by atoms with E-state index >= 15 is 0 Å². The monoisotopic (exact) mass is 412 g/mol. The van der Waals surface area contributed by atoms with Gasteiger partial charge in [0.05, 0.1) is 18.1 Å². The summed E-state index contributed by atoms with van der Waals surface area (Å²) in [5, 5.41) is 12.5. The Labute approximate surface area is 175 Å². The second-order valence-corrected chi connectivity index (χ2v) is 8.52. The largest absolute Gasteiger partial charge is 0.369 e. The summed E-state index contributed by atoms with van der Waals surface area (Å²) in [4.78, 5) is 21.6. The van der Waals surface area contributed by atoms with E-state index in [4.69, 9.17) is 0 Å². The number of aromatic nitrogens is 4. The summed E-state index contributed by atoms with van der Waals surface area (Å²) in [5.41, 5.74) is 2.57. The maximum Gasteiger partial charge on any atom is 0.251 e. The molecule has 0 unspecified atom stereocenters. The summed E-state index contributed by atoms with van der Waals surface area (Å²) >= 11 is 1.60. The predicted molar refractivity (Wildman–Crippen MR) is 119 cm³/mol. The Morgan fingerprint density at radius 2 is 1.97 bits per heavy atom. The van der Waals surface area contributed by atoms with Crippen LogP contribution in [0.2, 0.25) is 0 Å². The molecule has 0 saturated heterocycles. The number of carbonyl (C=O) groups excluding carboxylic acids is 1. The van der Waals surface area contributed by atoms with Crippen molar-refractivity contribution in [3.63, 3.8) is 0 Å². The molecule has 7 nitrogen and oxygen atoms in total. The Balaban J connectivity index is 1.73. The van der Waals surface area contributed by atoms with Gasteiger partial charge in [0.1, 0.15) is 5.82 Å². The quantitative estimate of drug-likeness (QED) is 0.411. The lowest BCUT2D eigenvalue weighted by Crippen LogP contribution is -2.27. The lowest BCUT2D eigenvalue weighted by atomic mass is 10.1. The Morgan fingerprint density at radius 3 is 2.66 bits per heavy atom. The number of carbonyl (C=O) groups is 1. The van der Waals surface area contributed by atoms with Gasteiger partial charge in [-0.2, -0.15) is 5.10 Å². The molecule has 0 aliphatic rings. The molecule has 2 aromatic heterocycles. The second kappa shape index (κ2) is 9.73. The molecule has 2 N–H and O–H groups in total. The van der Waals surface area contributed by atoms with Crippen molar-refractivity contribution in [2.75, 3.05) is 24.2 Å². The van der Waals surface area contributed by atoms with Gasteiger partial charge in [-0.1, -0.05) is 50.2 Å². The van der Waals surface area contributed by atoms with Gasteiger partial charge in [-0.05, 0) is 30.7 Å². The minimum Gasteiger partial charge on any atom is -0.369 e. The van der Waals surface area contributed by atoms with Gasteiger partial charge in [0, 0.05) is 18.7 Å². The van der Waals surface area contributed by atoms with Gasteiger partial charge in [-0.3, -0.25) is 4.79 Å². The third kappa shape index (κ3) is 5.47. The number of nitrogens with zero attached hydrogens (tertiary/aromatic N) is 4. The first-order valence-electron chi connectivity index (χ1n) is 9.93. The fourth-order valence-electron chi connectivity index (χ4n) is 2.81. The standard InChI is InChI=1S/C21H28N6OS/c1-5-29-21-25-18(23-12-14(2)3)17-13-24-27(19(17)26-21)11-10-22-20(28)16-8-6-15(4)7-9-16/h6-9,13-14H,5,10-12H2,1-4H3,(H,22,28)(H,23,25,26). The fraction of sp³-hybridized carbons (Fsp3) is 0.429. The number of anilines is 1. The zero-order chi connectivity index (χ0) is 20.8. The Kier molecular flexibility index (Phi) is 7.09. The van der Waals surface area contributed by atoms with Crippen LogP contribution in [0.1, 0.15) is 36.7 Å². The van der Waals surface area contributed by atoms with E-state index in [9.17, 15) is 4.79 Å². The molecular weight excluding hydrogens is 384 g/mol. The highest BCUT2D eigenvalue weighted by molar-refractivity contribution is 7.99. The average molecular weight is 413 g/mol. The van der Waals surface area contributed by atoms with Crippen molar-refractivity contribution in [3.8, 4) is 0 Å². The summed E-state index contributed by atoms with van der Waals surface area (Å²) < 4.78 is 1.83. The Morgan fingerprint density at radius 1 is 1.21 bits per heavy atom. The molecule has 0 fully saturated rings. The number of aryl methyl sites for hydroxylation is 1. The minimum absolute atomic E-state index is 0.0856. The van der Waals surface area contributed by atoms with Crippen LogP contribution in [0.3, 0.4) is 0 Å². The van der Waals surface area contributed by atoms with Crippen molar-refractivity contribution in [3.05, 3.63) is 41.6 Å². The van der Waals surface area contributed by atoms with Crippen LogP contribution in [-0.2, 0) is 6.54 Å². The molecule has 29 heavy (non-hydrogen) atoms. The molecule has 1 amide bonds. The molecule has 8 heteroatoms. The van der Waals surface area contributed by atoms with E-state index in [1.807, 2.05) is 35.9 Å². The van der Waals surface area contributed by atoms with Crippen LogP contribution in [0.15, 0.2) is 35.6 Å². The Hall–Kier alpha value is -2.61. The smallest absolute Gasteiger partial charge is 0.251 e. The number of amides is 1. The number of nitrogens with one attached hydrogen (secondary N) is 2. The van der Waals surface area contributed by atoms with E-state index < -0.39 is 0 Å². The van der Waals surface area contributed by atoms with Crippen LogP contribution in [-0.4, -0.2) is 44.5 Å². The molecule has 0 saturated carbocycles. The summed E-state index contributed by atoms with van der Waals surface area (Å²) in [6.45, 7) is 10.2. The number of benzene rings is 1. The summed E-state index contributed by atoms with van der Waals surface area (Å²) in [7, 11) is 0. The van der Waals surface area contributed by atoms with E-state index in [1.54, 1.807) is 18.0 Å². The number of thioether (sulfide) groups is 1. The van der Waals surface area contributed by atoms with E-state index in [0.29, 0.717) is 24.6 Å². The minimum atomic E-state index is -0.0856. The molecule has 0 aliphatic heterocycles. The predicted octanol–water partition coefficient (Wildman–Crippen LogP) is 3.74. The van der Waals surface area contributed by atoms with Gasteiger partial charge in [0.2, 0.25) is 0 Å². The first-order chi connectivity index (χ1) is 14.0. The lowest BCUT2D eigenvalue weighted by Gasteiger charge is -2.11. The van der Waals surface area contributed by atoms with Crippen LogP contribution < -0.4 is 10.6 Å². The molecular formula is C21H28N6OS. The summed E-state index contributed by atoms with van der Waals surface area (Å²) in [6, 6.07) is 7.54. The highest BCUT2D eigenvalue weighted by Crippen LogP contribution is 2.24. The van der Waals surface area contributed by atoms with Crippen molar-refractivity contribution < 1.29 is 4.79 Å². The first-order valence-corrected chi connectivity index (χ1v) is 10.9. The molecule has 154 valence electrons. The molecule has 3 rings (SSSR count). The lowest BCUT2D eigenvalue weighted by molar-refractivity contribution is 0.0952. The molecule has 0 spiro atoms. The van der Waals surface area contributed by atoms with Gasteiger partial charge >= 0.3 is 0 Å².